The smallest absolute Gasteiger partial charge is 0.0902 e. The van der Waals surface area contributed by atoms with E-state index >= 15 is 0 Å². The summed E-state index contributed by atoms with van der Waals surface area (Å²) in [5.74, 6) is 0. The van der Waals surface area contributed by atoms with Gasteiger partial charge in [0.2, 0.25) is 0 Å². The molecule has 0 saturated heterocycles. The molecular weight excluding hydrogens is 395 g/mol. The Balaban J connectivity index is 1.47. The molecule has 0 aliphatic carbocycles. The monoisotopic (exact) mass is 414 g/mol. The van der Waals surface area contributed by atoms with Crippen LogP contribution < -0.4 is 0 Å². The highest BCUT2D eigenvalue weighted by molar-refractivity contribution is 6.30. The standard InChI is InChI=1S/C20H20Cl2N6/c21-15-5-17-9-25-1-2-26(13-25)10-18-6-16(22)8-20(24-18)12-28-4-3-27(14-28)11-19(7-15)23-17/h1-8H,9-14H2. The van der Waals surface area contributed by atoms with Crippen molar-refractivity contribution >= 4 is 23.2 Å². The molecule has 0 amide bonds. The van der Waals surface area contributed by atoms with E-state index < -0.39 is 0 Å². The molecule has 0 unspecified atom stereocenters. The van der Waals surface area contributed by atoms with Crippen molar-refractivity contribution in [1.82, 2.24) is 29.6 Å². The maximum Gasteiger partial charge on any atom is 0.0902 e. The van der Waals surface area contributed by atoms with Crippen LogP contribution >= 0.6 is 23.2 Å². The average molecular weight is 415 g/mol. The van der Waals surface area contributed by atoms with Gasteiger partial charge in [-0.05, 0) is 24.3 Å². The Bertz CT molecular complexity index is 818. The largest absolute Gasteiger partial charge is 0.353 e. The summed E-state index contributed by atoms with van der Waals surface area (Å²) in [5.41, 5.74) is 3.90. The molecule has 3 aliphatic rings. The lowest BCUT2D eigenvalue weighted by atomic mass is 10.2. The number of fused-ring (bicyclic) bond motifs is 8. The lowest BCUT2D eigenvalue weighted by Gasteiger charge is -2.24. The van der Waals surface area contributed by atoms with Crippen molar-refractivity contribution in [2.75, 3.05) is 13.3 Å². The van der Waals surface area contributed by atoms with E-state index in [2.05, 4.69) is 44.4 Å². The summed E-state index contributed by atoms with van der Waals surface area (Å²) in [4.78, 5) is 18.5. The van der Waals surface area contributed by atoms with Crippen LogP contribution in [0.4, 0.5) is 0 Å². The number of nitrogens with zero attached hydrogens (tertiary/aromatic N) is 6. The second-order valence-electron chi connectivity index (χ2n) is 7.40. The zero-order chi connectivity index (χ0) is 19.1. The van der Waals surface area contributed by atoms with Gasteiger partial charge in [0.15, 0.2) is 0 Å². The van der Waals surface area contributed by atoms with Crippen molar-refractivity contribution < 1.29 is 0 Å². The third-order valence-electron chi connectivity index (χ3n) is 4.96. The molecule has 2 aromatic heterocycles. The van der Waals surface area contributed by atoms with Gasteiger partial charge in [0.05, 0.1) is 62.3 Å². The van der Waals surface area contributed by atoms with E-state index in [-0.39, 0.29) is 0 Å². The van der Waals surface area contributed by atoms with E-state index in [1.165, 1.54) is 0 Å². The number of pyridine rings is 2. The molecule has 28 heavy (non-hydrogen) atoms. The Kier molecular flexibility index (Phi) is 4.53. The molecule has 0 saturated carbocycles. The van der Waals surface area contributed by atoms with Gasteiger partial charge in [-0.2, -0.15) is 0 Å². The minimum Gasteiger partial charge on any atom is -0.353 e. The van der Waals surface area contributed by atoms with E-state index in [0.717, 1.165) is 72.3 Å². The topological polar surface area (TPSA) is 38.7 Å². The van der Waals surface area contributed by atoms with Gasteiger partial charge in [0.1, 0.15) is 0 Å². The first-order valence-electron chi connectivity index (χ1n) is 9.23. The molecule has 5 heterocycles. The summed E-state index contributed by atoms with van der Waals surface area (Å²) in [6.45, 7) is 4.45. The first-order valence-corrected chi connectivity index (χ1v) is 9.98. The highest BCUT2D eigenvalue weighted by atomic mass is 35.5. The van der Waals surface area contributed by atoms with Crippen molar-refractivity contribution in [1.29, 1.82) is 0 Å². The molecule has 6 nitrogen and oxygen atoms in total. The quantitative estimate of drug-likeness (QED) is 0.655. The number of aromatic nitrogens is 2. The Morgan fingerprint density at radius 2 is 0.821 bits per heavy atom. The van der Waals surface area contributed by atoms with Gasteiger partial charge in [-0.3, -0.25) is 9.97 Å². The lowest BCUT2D eigenvalue weighted by Crippen LogP contribution is -2.27. The first-order chi connectivity index (χ1) is 13.6. The molecule has 0 spiro atoms. The van der Waals surface area contributed by atoms with Gasteiger partial charge in [-0.25, -0.2) is 0 Å². The Morgan fingerprint density at radius 3 is 1.11 bits per heavy atom. The fourth-order valence-corrected chi connectivity index (χ4v) is 4.32. The summed E-state index contributed by atoms with van der Waals surface area (Å²) in [6.07, 6.45) is 8.36. The van der Waals surface area contributed by atoms with Crippen molar-refractivity contribution in [2.24, 2.45) is 0 Å². The number of hydrogen-bond donors (Lipinski definition) is 0. The van der Waals surface area contributed by atoms with Crippen LogP contribution in [-0.4, -0.2) is 42.9 Å². The normalized spacial score (nSPS) is 18.4. The summed E-state index contributed by atoms with van der Waals surface area (Å²) in [6, 6.07) is 7.78. The van der Waals surface area contributed by atoms with Gasteiger partial charge >= 0.3 is 0 Å². The van der Waals surface area contributed by atoms with Gasteiger partial charge in [-0.1, -0.05) is 23.2 Å². The van der Waals surface area contributed by atoms with Crippen LogP contribution in [0.3, 0.4) is 0 Å². The van der Waals surface area contributed by atoms with E-state index in [0.29, 0.717) is 0 Å². The number of halogens is 2. The zero-order valence-corrected chi connectivity index (χ0v) is 16.8. The van der Waals surface area contributed by atoms with Gasteiger partial charge in [0, 0.05) is 34.8 Å². The third-order valence-corrected chi connectivity index (χ3v) is 5.39. The van der Waals surface area contributed by atoms with Crippen LogP contribution in [0, 0.1) is 0 Å². The van der Waals surface area contributed by atoms with E-state index in [9.17, 15) is 0 Å². The van der Waals surface area contributed by atoms with E-state index in [4.69, 9.17) is 33.2 Å². The number of hydrogen-bond acceptors (Lipinski definition) is 6. The summed E-state index contributed by atoms with van der Waals surface area (Å²) >= 11 is 12.7. The minimum absolute atomic E-state index is 0.719. The molecule has 8 bridgehead atoms. The van der Waals surface area contributed by atoms with Gasteiger partial charge in [-0.15, -0.1) is 0 Å². The molecule has 0 aromatic carbocycles. The van der Waals surface area contributed by atoms with Gasteiger partial charge in [0.25, 0.3) is 0 Å². The number of rotatable bonds is 0. The third kappa shape index (κ3) is 3.88. The Morgan fingerprint density at radius 1 is 0.536 bits per heavy atom. The molecule has 2 aromatic rings. The molecule has 8 heteroatoms. The summed E-state index contributed by atoms with van der Waals surface area (Å²) in [5, 5.41) is 1.46. The van der Waals surface area contributed by atoms with Crippen LogP contribution in [0.15, 0.2) is 49.1 Å². The van der Waals surface area contributed by atoms with E-state index in [1.807, 2.05) is 24.3 Å². The first kappa shape index (κ1) is 17.6. The zero-order valence-electron chi connectivity index (χ0n) is 15.3. The lowest BCUT2D eigenvalue weighted by molar-refractivity contribution is 0.243. The molecule has 5 rings (SSSR count). The predicted octanol–water partition coefficient (Wildman–Crippen LogP) is 3.59. The highest BCUT2D eigenvalue weighted by Crippen LogP contribution is 2.22. The maximum atomic E-state index is 6.37. The van der Waals surface area contributed by atoms with Gasteiger partial charge < -0.3 is 19.6 Å². The minimum atomic E-state index is 0.719. The van der Waals surface area contributed by atoms with Crippen LogP contribution in [0.2, 0.25) is 10.0 Å². The van der Waals surface area contributed by atoms with Crippen molar-refractivity contribution in [3.8, 4) is 0 Å². The molecule has 0 atom stereocenters. The van der Waals surface area contributed by atoms with E-state index in [1.54, 1.807) is 0 Å². The maximum absolute atomic E-state index is 6.37. The molecule has 0 N–H and O–H groups in total. The van der Waals surface area contributed by atoms with Crippen LogP contribution in [0.1, 0.15) is 22.8 Å². The van der Waals surface area contributed by atoms with Crippen molar-refractivity contribution in [2.45, 2.75) is 26.2 Å². The van der Waals surface area contributed by atoms with Crippen LogP contribution in [0.25, 0.3) is 0 Å². The Labute approximate surface area is 174 Å². The second kappa shape index (κ2) is 7.18. The SMILES string of the molecule is Clc1cc2nc(c1)CN1C=CN(Cc3cc(Cl)cc(n3)CN3C=CN(C2)C3)C1. The molecule has 0 radical (unpaired) electrons. The van der Waals surface area contributed by atoms with Crippen molar-refractivity contribution in [3.05, 3.63) is 81.9 Å². The molecular formula is C20H20Cl2N6. The summed E-state index contributed by atoms with van der Waals surface area (Å²) < 4.78 is 0. The van der Waals surface area contributed by atoms with Crippen LogP contribution in [-0.2, 0) is 26.2 Å². The Hall–Kier alpha value is -2.44. The predicted molar refractivity (Wildman–Crippen MR) is 109 cm³/mol. The average Bonchev–Trinajstić information content (AvgIpc) is 3.22. The highest BCUT2D eigenvalue weighted by Gasteiger charge is 2.19. The van der Waals surface area contributed by atoms with Crippen LogP contribution in [0.5, 0.6) is 0 Å². The second-order valence-corrected chi connectivity index (χ2v) is 8.28. The fourth-order valence-electron chi connectivity index (χ4n) is 3.82. The molecule has 144 valence electrons. The fraction of sp³-hybridized carbons (Fsp3) is 0.300. The molecule has 0 fully saturated rings. The molecule has 3 aliphatic heterocycles. The summed E-state index contributed by atoms with van der Waals surface area (Å²) in [7, 11) is 0. The van der Waals surface area contributed by atoms with Crippen molar-refractivity contribution in [3.63, 3.8) is 0 Å².